The van der Waals surface area contributed by atoms with Crippen molar-refractivity contribution in [2.24, 2.45) is 58.2 Å². The lowest BCUT2D eigenvalue weighted by atomic mass is 9.57. The van der Waals surface area contributed by atoms with Crippen molar-refractivity contribution in [1.82, 2.24) is 0 Å². The fraction of sp³-hybridized carbons (Fsp3) is 0.920. The lowest BCUT2D eigenvalue weighted by Gasteiger charge is -2.46. The van der Waals surface area contributed by atoms with E-state index in [4.69, 9.17) is 0 Å². The number of hydrogen-bond acceptors (Lipinski definition) is 2. The molecule has 166 valence electrons. The largest absolute Gasteiger partial charge is 0.481 e. The lowest BCUT2D eigenvalue weighted by molar-refractivity contribution is -0.164. The SMILES string of the molecule is CC(C)[C@H]1CC[C@@H](C)C[C@@H]1[C@@]1(C(=O)O)C[C@@]1(C(=O)O)[C@H]1C[C@H](C)CC[C@@H]1C(C)C. The second kappa shape index (κ2) is 7.89. The van der Waals surface area contributed by atoms with E-state index in [1.54, 1.807) is 0 Å². The second-order valence-corrected chi connectivity index (χ2v) is 11.6. The van der Waals surface area contributed by atoms with Gasteiger partial charge in [-0.1, -0.05) is 54.4 Å². The minimum absolute atomic E-state index is 0.0232. The first-order valence-corrected chi connectivity index (χ1v) is 12.0. The molecule has 3 fully saturated rings. The number of carboxylic acid groups (broad SMARTS) is 2. The summed E-state index contributed by atoms with van der Waals surface area (Å²) >= 11 is 0. The van der Waals surface area contributed by atoms with E-state index in [0.29, 0.717) is 41.9 Å². The smallest absolute Gasteiger partial charge is 0.311 e. The summed E-state index contributed by atoms with van der Waals surface area (Å²) in [6.45, 7) is 13.2. The summed E-state index contributed by atoms with van der Waals surface area (Å²) in [5, 5.41) is 21.2. The van der Waals surface area contributed by atoms with Crippen molar-refractivity contribution >= 4 is 11.9 Å². The molecule has 3 saturated carbocycles. The Morgan fingerprint density at radius 2 is 1.07 bits per heavy atom. The molecule has 0 heterocycles. The van der Waals surface area contributed by atoms with Gasteiger partial charge in [0.2, 0.25) is 0 Å². The fourth-order valence-electron chi connectivity index (χ4n) is 7.71. The topological polar surface area (TPSA) is 74.6 Å². The predicted molar refractivity (Wildman–Crippen MR) is 114 cm³/mol. The van der Waals surface area contributed by atoms with Crippen molar-refractivity contribution in [2.45, 2.75) is 86.5 Å². The molecule has 0 aromatic carbocycles. The summed E-state index contributed by atoms with van der Waals surface area (Å²) in [7, 11) is 0. The summed E-state index contributed by atoms with van der Waals surface area (Å²) in [5.41, 5.74) is -2.17. The molecule has 0 unspecified atom stereocenters. The molecule has 29 heavy (non-hydrogen) atoms. The van der Waals surface area contributed by atoms with Crippen LogP contribution in [0.2, 0.25) is 0 Å². The van der Waals surface area contributed by atoms with Crippen LogP contribution in [0.4, 0.5) is 0 Å². The van der Waals surface area contributed by atoms with Crippen molar-refractivity contribution < 1.29 is 19.8 Å². The first-order valence-electron chi connectivity index (χ1n) is 12.0. The van der Waals surface area contributed by atoms with E-state index in [9.17, 15) is 19.8 Å². The van der Waals surface area contributed by atoms with Gasteiger partial charge in [-0.2, -0.15) is 0 Å². The Bertz CT molecular complexity index is 587. The average molecular weight is 407 g/mol. The maximum atomic E-state index is 12.9. The molecule has 0 amide bonds. The number of aliphatic carboxylic acids is 2. The molecule has 8 atom stereocenters. The van der Waals surface area contributed by atoms with Crippen LogP contribution in [0.25, 0.3) is 0 Å². The summed E-state index contributed by atoms with van der Waals surface area (Å²) in [4.78, 5) is 25.8. The van der Waals surface area contributed by atoms with Crippen LogP contribution in [0.1, 0.15) is 86.5 Å². The first kappa shape index (κ1) is 22.6. The van der Waals surface area contributed by atoms with Gasteiger partial charge in [0, 0.05) is 0 Å². The monoisotopic (exact) mass is 406 g/mol. The molecule has 2 N–H and O–H groups in total. The van der Waals surface area contributed by atoms with E-state index in [-0.39, 0.29) is 11.8 Å². The van der Waals surface area contributed by atoms with E-state index < -0.39 is 22.8 Å². The molecule has 0 aromatic rings. The maximum Gasteiger partial charge on any atom is 0.311 e. The third kappa shape index (κ3) is 3.43. The highest BCUT2D eigenvalue weighted by Gasteiger charge is 2.83. The van der Waals surface area contributed by atoms with Gasteiger partial charge in [0.25, 0.3) is 0 Å². The quantitative estimate of drug-likeness (QED) is 0.571. The van der Waals surface area contributed by atoms with Crippen LogP contribution in [0.3, 0.4) is 0 Å². The van der Waals surface area contributed by atoms with Crippen molar-refractivity contribution in [3.05, 3.63) is 0 Å². The van der Waals surface area contributed by atoms with Crippen LogP contribution < -0.4 is 0 Å². The minimum atomic E-state index is -1.09. The Labute approximate surface area is 176 Å². The summed E-state index contributed by atoms with van der Waals surface area (Å²) in [6.07, 6.45) is 6.38. The van der Waals surface area contributed by atoms with Gasteiger partial charge in [-0.05, 0) is 79.4 Å². The highest BCUT2D eigenvalue weighted by atomic mass is 16.4. The van der Waals surface area contributed by atoms with Crippen LogP contribution in [0.15, 0.2) is 0 Å². The molecule has 0 aromatic heterocycles. The van der Waals surface area contributed by atoms with E-state index in [1.165, 1.54) is 0 Å². The van der Waals surface area contributed by atoms with Gasteiger partial charge < -0.3 is 10.2 Å². The van der Waals surface area contributed by atoms with E-state index in [1.807, 2.05) is 0 Å². The molecule has 3 rings (SSSR count). The number of rotatable bonds is 6. The fourth-order valence-corrected chi connectivity index (χ4v) is 7.71. The van der Waals surface area contributed by atoms with Crippen LogP contribution in [-0.4, -0.2) is 22.2 Å². The third-order valence-electron chi connectivity index (χ3n) is 9.30. The van der Waals surface area contributed by atoms with Gasteiger partial charge in [0.1, 0.15) is 0 Å². The normalized spacial score (nSPS) is 45.4. The van der Waals surface area contributed by atoms with E-state index >= 15 is 0 Å². The van der Waals surface area contributed by atoms with Gasteiger partial charge in [-0.15, -0.1) is 0 Å². The van der Waals surface area contributed by atoms with Gasteiger partial charge in [0.15, 0.2) is 0 Å². The molecule has 3 aliphatic carbocycles. The molecule has 0 bridgehead atoms. The Morgan fingerprint density at radius 3 is 1.34 bits per heavy atom. The second-order valence-electron chi connectivity index (χ2n) is 11.6. The van der Waals surface area contributed by atoms with E-state index in [0.717, 1.165) is 38.5 Å². The predicted octanol–water partition coefficient (Wildman–Crippen LogP) is 5.95. The van der Waals surface area contributed by atoms with Crippen LogP contribution in [0, 0.1) is 58.2 Å². The van der Waals surface area contributed by atoms with Crippen LogP contribution >= 0.6 is 0 Å². The Balaban J connectivity index is 2.09. The molecular weight excluding hydrogens is 364 g/mol. The summed E-state index contributed by atoms with van der Waals surface area (Å²) in [5.74, 6) is 0.618. The van der Waals surface area contributed by atoms with Crippen molar-refractivity contribution in [3.8, 4) is 0 Å². The summed E-state index contributed by atoms with van der Waals surface area (Å²) < 4.78 is 0. The molecule has 0 saturated heterocycles. The third-order valence-corrected chi connectivity index (χ3v) is 9.30. The first-order chi connectivity index (χ1) is 13.5. The zero-order valence-corrected chi connectivity index (χ0v) is 19.3. The molecular formula is C25H42O4. The van der Waals surface area contributed by atoms with Crippen molar-refractivity contribution in [1.29, 1.82) is 0 Å². The molecule has 0 radical (unpaired) electrons. The zero-order chi connectivity index (χ0) is 21.7. The number of carbonyl (C=O) groups is 2. The highest BCUT2D eigenvalue weighted by molar-refractivity contribution is 5.94. The molecule has 4 nitrogen and oxygen atoms in total. The Hall–Kier alpha value is -1.06. The number of hydrogen-bond donors (Lipinski definition) is 2. The molecule has 4 heteroatoms. The van der Waals surface area contributed by atoms with Gasteiger partial charge in [-0.3, -0.25) is 9.59 Å². The molecule has 3 aliphatic rings. The van der Waals surface area contributed by atoms with Crippen molar-refractivity contribution in [2.75, 3.05) is 0 Å². The van der Waals surface area contributed by atoms with E-state index in [2.05, 4.69) is 41.5 Å². The average Bonchev–Trinajstić information content (AvgIpc) is 3.34. The van der Waals surface area contributed by atoms with Gasteiger partial charge in [-0.25, -0.2) is 0 Å². The van der Waals surface area contributed by atoms with Crippen molar-refractivity contribution in [3.63, 3.8) is 0 Å². The Kier molecular flexibility index (Phi) is 6.15. The standard InChI is InChI=1S/C25H42O4/c1-14(2)18-9-7-16(5)11-20(18)24(22(26)27)13-25(24,23(28)29)21-12-17(6)8-10-19(21)15(3)4/h14-21H,7-13H2,1-6H3,(H,26,27)(H,28,29)/t16-,17-,18-,19-,20+,21+,24-,25+/m1/s1. The maximum absolute atomic E-state index is 12.9. The highest BCUT2D eigenvalue weighted by Crippen LogP contribution is 2.77. The van der Waals surface area contributed by atoms with Gasteiger partial charge in [0.05, 0.1) is 10.8 Å². The summed E-state index contributed by atoms with van der Waals surface area (Å²) in [6, 6.07) is 0. The minimum Gasteiger partial charge on any atom is -0.481 e. The molecule has 0 aliphatic heterocycles. The van der Waals surface area contributed by atoms with Crippen LogP contribution in [0.5, 0.6) is 0 Å². The lowest BCUT2D eigenvalue weighted by Crippen LogP contribution is -2.48. The molecule has 0 spiro atoms. The van der Waals surface area contributed by atoms with Crippen LogP contribution in [-0.2, 0) is 9.59 Å². The van der Waals surface area contributed by atoms with Gasteiger partial charge >= 0.3 is 11.9 Å². The number of carboxylic acids is 2. The Morgan fingerprint density at radius 1 is 0.724 bits per heavy atom. The zero-order valence-electron chi connectivity index (χ0n) is 19.3.